The van der Waals surface area contributed by atoms with E-state index in [0.717, 1.165) is 10.3 Å². The van der Waals surface area contributed by atoms with Crippen LogP contribution in [0.5, 0.6) is 0 Å². The number of pyridine rings is 1. The number of rotatable bonds is 5. The van der Waals surface area contributed by atoms with Crippen molar-refractivity contribution in [1.82, 2.24) is 4.98 Å². The molecule has 0 spiro atoms. The summed E-state index contributed by atoms with van der Waals surface area (Å²) in [4.78, 5) is 15.1. The van der Waals surface area contributed by atoms with Crippen LogP contribution in [0.15, 0.2) is 22.8 Å². The van der Waals surface area contributed by atoms with E-state index in [1.165, 1.54) is 0 Å². The summed E-state index contributed by atoms with van der Waals surface area (Å²) in [6.07, 6.45) is 2.04. The maximum absolute atomic E-state index is 11.0. The van der Waals surface area contributed by atoms with Gasteiger partial charge in [0.05, 0.1) is 17.5 Å². The first-order valence-corrected chi connectivity index (χ1v) is 5.53. The molecule has 0 saturated heterocycles. The van der Waals surface area contributed by atoms with Crippen LogP contribution in [0.25, 0.3) is 0 Å². The molecular weight excluding hydrogens is 260 g/mol. The van der Waals surface area contributed by atoms with Crippen molar-refractivity contribution in [2.45, 2.75) is 13.3 Å². The lowest BCUT2D eigenvalue weighted by atomic mass is 10.4. The van der Waals surface area contributed by atoms with Crippen LogP contribution >= 0.6 is 15.9 Å². The third-order valence-electron chi connectivity index (χ3n) is 1.69. The molecule has 1 rings (SSSR count). The molecule has 0 unspecified atom stereocenters. The van der Waals surface area contributed by atoms with E-state index in [9.17, 15) is 4.79 Å². The molecule has 5 heteroatoms. The van der Waals surface area contributed by atoms with Crippen molar-refractivity contribution in [2.75, 3.05) is 18.5 Å². The minimum Gasteiger partial charge on any atom is -0.466 e. The van der Waals surface area contributed by atoms with Crippen LogP contribution in [0.2, 0.25) is 0 Å². The summed E-state index contributed by atoms with van der Waals surface area (Å²) in [5.74, 6) is 0.541. The van der Waals surface area contributed by atoms with Crippen molar-refractivity contribution in [1.29, 1.82) is 0 Å². The predicted octanol–water partition coefficient (Wildman–Crippen LogP) is 2.21. The molecule has 0 bridgehead atoms. The molecule has 15 heavy (non-hydrogen) atoms. The second kappa shape index (κ2) is 6.40. The van der Waals surface area contributed by atoms with Gasteiger partial charge in [0.2, 0.25) is 0 Å². The van der Waals surface area contributed by atoms with Crippen molar-refractivity contribution in [3.05, 3.63) is 22.8 Å². The quantitative estimate of drug-likeness (QED) is 0.836. The van der Waals surface area contributed by atoms with Gasteiger partial charge in [0.25, 0.3) is 0 Å². The number of esters is 1. The van der Waals surface area contributed by atoms with E-state index >= 15 is 0 Å². The van der Waals surface area contributed by atoms with E-state index < -0.39 is 0 Å². The number of aromatic nitrogens is 1. The summed E-state index contributed by atoms with van der Waals surface area (Å²) in [7, 11) is 0. The maximum atomic E-state index is 11.0. The third kappa shape index (κ3) is 4.29. The molecule has 82 valence electrons. The molecule has 0 atom stereocenters. The second-order valence-electron chi connectivity index (χ2n) is 2.82. The van der Waals surface area contributed by atoms with Gasteiger partial charge in [-0.25, -0.2) is 4.98 Å². The zero-order valence-corrected chi connectivity index (χ0v) is 10.1. The third-order valence-corrected chi connectivity index (χ3v) is 2.33. The van der Waals surface area contributed by atoms with Crippen LogP contribution in [0.3, 0.4) is 0 Å². The fourth-order valence-corrected chi connectivity index (χ4v) is 1.43. The average molecular weight is 273 g/mol. The first-order valence-electron chi connectivity index (χ1n) is 4.74. The molecule has 0 amide bonds. The monoisotopic (exact) mass is 272 g/mol. The Kier molecular flexibility index (Phi) is 5.10. The Balaban J connectivity index is 2.32. The van der Waals surface area contributed by atoms with Gasteiger partial charge in [0.15, 0.2) is 0 Å². The molecule has 0 aliphatic carbocycles. The Morgan fingerprint density at radius 1 is 1.67 bits per heavy atom. The minimum absolute atomic E-state index is 0.197. The normalized spacial score (nSPS) is 9.73. The van der Waals surface area contributed by atoms with Crippen LogP contribution in [-0.4, -0.2) is 24.1 Å². The lowest BCUT2D eigenvalue weighted by Crippen LogP contribution is -2.12. The average Bonchev–Trinajstić information content (AvgIpc) is 2.21. The molecule has 0 aromatic carbocycles. The van der Waals surface area contributed by atoms with Gasteiger partial charge >= 0.3 is 5.97 Å². The summed E-state index contributed by atoms with van der Waals surface area (Å²) in [6, 6.07) is 3.72. The summed E-state index contributed by atoms with van der Waals surface area (Å²) in [6.45, 7) is 2.74. The van der Waals surface area contributed by atoms with E-state index in [4.69, 9.17) is 4.74 Å². The highest BCUT2D eigenvalue weighted by molar-refractivity contribution is 9.10. The van der Waals surface area contributed by atoms with Crippen molar-refractivity contribution < 1.29 is 9.53 Å². The zero-order chi connectivity index (χ0) is 11.1. The summed E-state index contributed by atoms with van der Waals surface area (Å²) in [5.41, 5.74) is 0. The van der Waals surface area contributed by atoms with Gasteiger partial charge in [-0.15, -0.1) is 0 Å². The first-order chi connectivity index (χ1) is 7.24. The molecule has 0 radical (unpaired) electrons. The Hall–Kier alpha value is -1.10. The number of hydrogen-bond acceptors (Lipinski definition) is 4. The number of anilines is 1. The zero-order valence-electron chi connectivity index (χ0n) is 8.50. The van der Waals surface area contributed by atoms with Crippen LogP contribution in [-0.2, 0) is 9.53 Å². The topological polar surface area (TPSA) is 51.2 Å². The van der Waals surface area contributed by atoms with Crippen LogP contribution in [0, 0.1) is 0 Å². The van der Waals surface area contributed by atoms with Crippen molar-refractivity contribution in [3.63, 3.8) is 0 Å². The molecule has 1 aromatic heterocycles. The molecule has 0 aliphatic heterocycles. The largest absolute Gasteiger partial charge is 0.466 e. The highest BCUT2D eigenvalue weighted by atomic mass is 79.9. The van der Waals surface area contributed by atoms with Crippen LogP contribution < -0.4 is 5.32 Å². The van der Waals surface area contributed by atoms with E-state index in [-0.39, 0.29) is 5.97 Å². The summed E-state index contributed by atoms with van der Waals surface area (Å²) in [5, 5.41) is 3.04. The maximum Gasteiger partial charge on any atom is 0.307 e. The van der Waals surface area contributed by atoms with Gasteiger partial charge < -0.3 is 10.1 Å². The second-order valence-corrected chi connectivity index (χ2v) is 3.67. The predicted molar refractivity (Wildman–Crippen MR) is 61.7 cm³/mol. The van der Waals surface area contributed by atoms with Gasteiger partial charge in [0, 0.05) is 12.7 Å². The Labute approximate surface area is 97.2 Å². The minimum atomic E-state index is -0.197. The smallest absolute Gasteiger partial charge is 0.307 e. The number of carbonyl (C=O) groups excluding carboxylic acids is 1. The van der Waals surface area contributed by atoms with Gasteiger partial charge in [-0.3, -0.25) is 4.79 Å². The molecule has 0 saturated carbocycles. The Morgan fingerprint density at radius 2 is 2.47 bits per heavy atom. The summed E-state index contributed by atoms with van der Waals surface area (Å²) < 4.78 is 5.68. The molecule has 4 nitrogen and oxygen atoms in total. The van der Waals surface area contributed by atoms with Gasteiger partial charge in [-0.1, -0.05) is 0 Å². The number of hydrogen-bond donors (Lipinski definition) is 1. The van der Waals surface area contributed by atoms with Crippen molar-refractivity contribution in [2.24, 2.45) is 0 Å². The van der Waals surface area contributed by atoms with Crippen molar-refractivity contribution in [3.8, 4) is 0 Å². The van der Waals surface area contributed by atoms with Crippen LogP contribution in [0.4, 0.5) is 5.82 Å². The lowest BCUT2D eigenvalue weighted by Gasteiger charge is -2.06. The Bertz CT molecular complexity index is 331. The van der Waals surface area contributed by atoms with Crippen molar-refractivity contribution >= 4 is 27.7 Å². The molecule has 0 aliphatic rings. The first kappa shape index (κ1) is 12.0. The van der Waals surface area contributed by atoms with Gasteiger partial charge in [-0.05, 0) is 35.0 Å². The number of halogens is 1. The highest BCUT2D eigenvalue weighted by Gasteiger charge is 2.02. The van der Waals surface area contributed by atoms with Gasteiger partial charge in [-0.2, -0.15) is 0 Å². The molecule has 1 heterocycles. The molecule has 1 aromatic rings. The molecule has 0 fully saturated rings. The standard InChI is InChI=1S/C10H13BrN2O2/c1-2-15-9(14)5-7-13-10-8(11)4-3-6-12-10/h3-4,6H,2,5,7H2,1H3,(H,12,13). The molecular formula is C10H13BrN2O2. The van der Waals surface area contributed by atoms with E-state index in [1.54, 1.807) is 13.1 Å². The van der Waals surface area contributed by atoms with E-state index in [1.807, 2.05) is 12.1 Å². The van der Waals surface area contributed by atoms with Crippen LogP contribution in [0.1, 0.15) is 13.3 Å². The number of nitrogens with one attached hydrogen (secondary N) is 1. The highest BCUT2D eigenvalue weighted by Crippen LogP contribution is 2.17. The summed E-state index contributed by atoms with van der Waals surface area (Å²) >= 11 is 3.35. The number of nitrogens with zero attached hydrogens (tertiary/aromatic N) is 1. The molecule has 1 N–H and O–H groups in total. The Morgan fingerprint density at radius 3 is 3.13 bits per heavy atom. The SMILES string of the molecule is CCOC(=O)CCNc1ncccc1Br. The van der Waals surface area contributed by atoms with E-state index in [2.05, 4.69) is 26.2 Å². The van der Waals surface area contributed by atoms with E-state index in [0.29, 0.717) is 19.6 Å². The van der Waals surface area contributed by atoms with Gasteiger partial charge in [0.1, 0.15) is 5.82 Å². The number of ether oxygens (including phenoxy) is 1. The fourth-order valence-electron chi connectivity index (χ4n) is 1.03. The lowest BCUT2D eigenvalue weighted by molar-refractivity contribution is -0.142. The number of carbonyl (C=O) groups is 1. The fraction of sp³-hybridized carbons (Fsp3) is 0.400.